The van der Waals surface area contributed by atoms with Crippen molar-refractivity contribution in [3.63, 3.8) is 0 Å². The highest BCUT2D eigenvalue weighted by Crippen LogP contribution is 2.26. The zero-order valence-electron chi connectivity index (χ0n) is 21.7. The van der Waals surface area contributed by atoms with Gasteiger partial charge in [0.1, 0.15) is 23.7 Å². The Hall–Kier alpha value is -4.57. The number of aromatic nitrogens is 8. The number of aryl methyl sites for hydroxylation is 1. The SMILES string of the molecule is C\C=C(/C=c1/c(-c2cc3c(-n4cnc(C)c4)nccc3[nH]2)n[nH]/c1=C\CC)c1cncc(N2CC(N)C2)n1. The van der Waals surface area contributed by atoms with Crippen LogP contribution in [0, 0.1) is 6.92 Å². The number of pyridine rings is 1. The van der Waals surface area contributed by atoms with E-state index in [1.807, 2.05) is 30.7 Å². The first-order chi connectivity index (χ1) is 18.5. The molecule has 1 aliphatic rings. The number of allylic oxidation sites excluding steroid dienone is 2. The Kier molecular flexibility index (Phi) is 6.09. The number of nitrogens with one attached hydrogen (secondary N) is 2. The van der Waals surface area contributed by atoms with Crippen molar-refractivity contribution in [2.45, 2.75) is 33.2 Å². The average Bonchev–Trinajstić information content (AvgIpc) is 3.63. The molecule has 6 heterocycles. The van der Waals surface area contributed by atoms with Gasteiger partial charge >= 0.3 is 0 Å². The molecule has 0 amide bonds. The van der Waals surface area contributed by atoms with E-state index < -0.39 is 0 Å². The first kappa shape index (κ1) is 23.8. The van der Waals surface area contributed by atoms with Crippen molar-refractivity contribution in [3.05, 3.63) is 71.3 Å². The van der Waals surface area contributed by atoms with Crippen LogP contribution in [-0.2, 0) is 0 Å². The number of nitrogens with zero attached hydrogens (tertiary/aromatic N) is 7. The van der Waals surface area contributed by atoms with Crippen LogP contribution in [0.1, 0.15) is 31.7 Å². The van der Waals surface area contributed by atoms with Crippen LogP contribution in [0.3, 0.4) is 0 Å². The second-order valence-electron chi connectivity index (χ2n) is 9.53. The molecule has 0 atom stereocenters. The Morgan fingerprint density at radius 3 is 2.84 bits per heavy atom. The van der Waals surface area contributed by atoms with E-state index in [0.717, 1.165) is 81.0 Å². The molecule has 0 spiro atoms. The number of nitrogens with two attached hydrogens (primary N) is 1. The lowest BCUT2D eigenvalue weighted by molar-refractivity contribution is 0.513. The summed E-state index contributed by atoms with van der Waals surface area (Å²) in [6.45, 7) is 7.68. The van der Waals surface area contributed by atoms with E-state index in [-0.39, 0.29) is 6.04 Å². The van der Waals surface area contributed by atoms with Gasteiger partial charge in [0.15, 0.2) is 0 Å². The molecule has 5 aromatic heterocycles. The molecule has 192 valence electrons. The predicted octanol–water partition coefficient (Wildman–Crippen LogP) is 2.46. The van der Waals surface area contributed by atoms with E-state index in [9.17, 15) is 0 Å². The number of hydrogen-bond acceptors (Lipinski definition) is 7. The number of hydrogen-bond donors (Lipinski definition) is 3. The molecule has 10 heteroatoms. The van der Waals surface area contributed by atoms with Crippen LogP contribution >= 0.6 is 0 Å². The maximum absolute atomic E-state index is 5.98. The van der Waals surface area contributed by atoms with Crippen molar-refractivity contribution in [1.29, 1.82) is 0 Å². The van der Waals surface area contributed by atoms with Gasteiger partial charge in [0.2, 0.25) is 0 Å². The number of fused-ring (bicyclic) bond motifs is 1. The van der Waals surface area contributed by atoms with Crippen LogP contribution in [0.4, 0.5) is 5.82 Å². The summed E-state index contributed by atoms with van der Waals surface area (Å²) in [7, 11) is 0. The van der Waals surface area contributed by atoms with Gasteiger partial charge in [-0.05, 0) is 44.1 Å². The lowest BCUT2D eigenvalue weighted by Gasteiger charge is -2.37. The van der Waals surface area contributed by atoms with Crippen molar-refractivity contribution < 1.29 is 0 Å². The van der Waals surface area contributed by atoms with Crippen molar-refractivity contribution in [2.24, 2.45) is 5.73 Å². The van der Waals surface area contributed by atoms with Gasteiger partial charge in [-0.3, -0.25) is 14.6 Å². The molecule has 1 saturated heterocycles. The van der Waals surface area contributed by atoms with Gasteiger partial charge in [-0.15, -0.1) is 0 Å². The van der Waals surface area contributed by atoms with Crippen LogP contribution in [0.5, 0.6) is 0 Å². The topological polar surface area (TPSA) is 130 Å². The van der Waals surface area contributed by atoms with E-state index >= 15 is 0 Å². The quantitative estimate of drug-likeness (QED) is 0.322. The van der Waals surface area contributed by atoms with Crippen LogP contribution in [0.25, 0.3) is 45.8 Å². The van der Waals surface area contributed by atoms with E-state index in [1.165, 1.54) is 0 Å². The van der Waals surface area contributed by atoms with Gasteiger partial charge in [-0.25, -0.2) is 15.0 Å². The van der Waals surface area contributed by atoms with Crippen LogP contribution in [-0.4, -0.2) is 58.8 Å². The second kappa shape index (κ2) is 9.71. The van der Waals surface area contributed by atoms with Crippen LogP contribution < -0.4 is 21.2 Å². The third kappa shape index (κ3) is 4.28. The Balaban J connectivity index is 1.46. The van der Waals surface area contributed by atoms with Gasteiger partial charge in [-0.1, -0.05) is 19.1 Å². The molecular formula is C28H30N10. The predicted molar refractivity (Wildman–Crippen MR) is 150 cm³/mol. The highest BCUT2D eigenvalue weighted by atomic mass is 15.3. The molecule has 0 aliphatic carbocycles. The monoisotopic (exact) mass is 506 g/mol. The third-order valence-electron chi connectivity index (χ3n) is 6.74. The van der Waals surface area contributed by atoms with Gasteiger partial charge in [0.05, 0.1) is 40.3 Å². The summed E-state index contributed by atoms with van der Waals surface area (Å²) in [5, 5.41) is 10.9. The van der Waals surface area contributed by atoms with Gasteiger partial charge < -0.3 is 15.6 Å². The smallest absolute Gasteiger partial charge is 0.147 e. The molecule has 0 unspecified atom stereocenters. The van der Waals surface area contributed by atoms with Gasteiger partial charge in [-0.2, -0.15) is 5.10 Å². The van der Waals surface area contributed by atoms with Crippen molar-refractivity contribution in [2.75, 3.05) is 18.0 Å². The van der Waals surface area contributed by atoms with Crippen molar-refractivity contribution in [1.82, 2.24) is 39.7 Å². The third-order valence-corrected chi connectivity index (χ3v) is 6.74. The summed E-state index contributed by atoms with van der Waals surface area (Å²) in [6, 6.07) is 4.26. The number of H-pyrrole nitrogens is 2. The Morgan fingerprint density at radius 2 is 2.11 bits per heavy atom. The molecule has 10 nitrogen and oxygen atoms in total. The molecule has 1 aliphatic heterocycles. The Morgan fingerprint density at radius 1 is 1.24 bits per heavy atom. The summed E-state index contributed by atoms with van der Waals surface area (Å²) in [5.74, 6) is 1.66. The normalized spacial score (nSPS) is 15.6. The summed E-state index contributed by atoms with van der Waals surface area (Å²) >= 11 is 0. The van der Waals surface area contributed by atoms with E-state index in [0.29, 0.717) is 0 Å². The van der Waals surface area contributed by atoms with Gasteiger partial charge in [0.25, 0.3) is 0 Å². The summed E-state index contributed by atoms with van der Waals surface area (Å²) in [4.78, 5) is 24.0. The first-order valence-corrected chi connectivity index (χ1v) is 12.8. The van der Waals surface area contributed by atoms with E-state index in [4.69, 9.17) is 15.8 Å². The number of anilines is 1. The molecule has 6 rings (SSSR count). The molecule has 0 bridgehead atoms. The lowest BCUT2D eigenvalue weighted by atomic mass is 10.1. The average molecular weight is 507 g/mol. The van der Waals surface area contributed by atoms with Crippen molar-refractivity contribution in [3.8, 4) is 17.2 Å². The summed E-state index contributed by atoms with van der Waals surface area (Å²) in [5.41, 5.74) is 11.4. The standard InChI is InChI=1S/C28H30N10/c1-4-6-23-20(9-18(5-2)25-11-30-12-26(34-25)37-14-19(29)15-37)27(36-35-23)24-10-21-22(33-24)7-8-31-28(21)38-13-17(3)32-16-38/h5-13,16,19,33,35H,4,14-15,29H2,1-3H3/b18-5+,20-9+,23-6-. The molecule has 38 heavy (non-hydrogen) atoms. The summed E-state index contributed by atoms with van der Waals surface area (Å²) in [6.07, 6.45) is 16.3. The summed E-state index contributed by atoms with van der Waals surface area (Å²) < 4.78 is 1.94. The molecule has 1 fully saturated rings. The molecular weight excluding hydrogens is 476 g/mol. The van der Waals surface area contributed by atoms with Gasteiger partial charge in [0, 0.05) is 42.1 Å². The van der Waals surface area contributed by atoms with Crippen LogP contribution in [0.2, 0.25) is 0 Å². The number of imidazole rings is 1. The minimum atomic E-state index is 0.193. The number of aromatic amines is 2. The Labute approximate surface area is 219 Å². The maximum Gasteiger partial charge on any atom is 0.147 e. The lowest BCUT2D eigenvalue weighted by Crippen LogP contribution is -2.56. The number of rotatable bonds is 6. The molecule has 0 radical (unpaired) electrons. The fourth-order valence-electron chi connectivity index (χ4n) is 4.79. The minimum absolute atomic E-state index is 0.193. The molecule has 0 saturated carbocycles. The highest BCUT2D eigenvalue weighted by Gasteiger charge is 2.24. The van der Waals surface area contributed by atoms with Crippen LogP contribution in [0.15, 0.2) is 49.3 Å². The molecule has 5 aromatic rings. The second-order valence-corrected chi connectivity index (χ2v) is 9.53. The molecule has 0 aromatic carbocycles. The van der Waals surface area contributed by atoms with E-state index in [1.54, 1.807) is 24.9 Å². The van der Waals surface area contributed by atoms with E-state index in [2.05, 4.69) is 61.2 Å². The minimum Gasteiger partial charge on any atom is -0.353 e. The van der Waals surface area contributed by atoms with Crippen molar-refractivity contribution >= 4 is 34.4 Å². The fraction of sp³-hybridized carbons (Fsp3) is 0.250. The zero-order valence-corrected chi connectivity index (χ0v) is 21.7. The zero-order chi connectivity index (χ0) is 26.2. The maximum atomic E-state index is 5.98. The largest absolute Gasteiger partial charge is 0.353 e. The highest BCUT2D eigenvalue weighted by molar-refractivity contribution is 5.92. The Bertz CT molecular complexity index is 1760. The first-order valence-electron chi connectivity index (χ1n) is 12.8. The fourth-order valence-corrected chi connectivity index (χ4v) is 4.79. The molecule has 4 N–H and O–H groups in total.